The van der Waals surface area contributed by atoms with Crippen LogP contribution in [0.25, 0.3) is 0 Å². The van der Waals surface area contributed by atoms with Gasteiger partial charge >= 0.3 is 0 Å². The molecule has 0 aliphatic heterocycles. The zero-order valence-corrected chi connectivity index (χ0v) is 12.8. The molecule has 2 heteroatoms. The summed E-state index contributed by atoms with van der Waals surface area (Å²) in [7, 11) is 1.74. The third kappa shape index (κ3) is 5.07. The van der Waals surface area contributed by atoms with Crippen molar-refractivity contribution < 1.29 is 4.74 Å². The second-order valence-corrected chi connectivity index (χ2v) is 5.25. The van der Waals surface area contributed by atoms with E-state index in [4.69, 9.17) is 4.74 Å². The number of hydrogen-bond donors (Lipinski definition) is 1. The topological polar surface area (TPSA) is 21.3 Å². The van der Waals surface area contributed by atoms with Gasteiger partial charge in [-0.25, -0.2) is 0 Å². The van der Waals surface area contributed by atoms with Gasteiger partial charge in [-0.05, 0) is 51.3 Å². The highest BCUT2D eigenvalue weighted by Crippen LogP contribution is 2.29. The molecule has 2 nitrogen and oxygen atoms in total. The first-order chi connectivity index (χ1) is 9.08. The van der Waals surface area contributed by atoms with Crippen molar-refractivity contribution in [2.75, 3.05) is 13.7 Å². The minimum atomic E-state index is 0.340. The molecule has 0 saturated heterocycles. The smallest absolute Gasteiger partial charge is 0.123 e. The van der Waals surface area contributed by atoms with Gasteiger partial charge in [-0.1, -0.05) is 24.6 Å². The minimum Gasteiger partial charge on any atom is -0.496 e. The summed E-state index contributed by atoms with van der Waals surface area (Å²) in [5.41, 5.74) is 3.71. The fourth-order valence-corrected chi connectivity index (χ4v) is 2.18. The van der Waals surface area contributed by atoms with Crippen LogP contribution >= 0.6 is 0 Å². The predicted octanol–water partition coefficient (Wildman–Crippen LogP) is 4.40. The highest BCUT2D eigenvalue weighted by atomic mass is 16.5. The van der Waals surface area contributed by atoms with Crippen LogP contribution in [-0.4, -0.2) is 13.7 Å². The number of hydrogen-bond acceptors (Lipinski definition) is 2. The molecule has 0 aliphatic carbocycles. The van der Waals surface area contributed by atoms with Gasteiger partial charge in [0.1, 0.15) is 5.75 Å². The molecule has 0 fully saturated rings. The van der Waals surface area contributed by atoms with Gasteiger partial charge in [0.15, 0.2) is 0 Å². The number of benzene rings is 1. The van der Waals surface area contributed by atoms with Crippen LogP contribution in [0.2, 0.25) is 0 Å². The zero-order valence-electron chi connectivity index (χ0n) is 12.8. The molecular weight excluding hydrogens is 234 g/mol. The Morgan fingerprint density at radius 3 is 2.74 bits per heavy atom. The van der Waals surface area contributed by atoms with E-state index in [0.717, 1.165) is 31.6 Å². The lowest BCUT2D eigenvalue weighted by atomic mass is 9.97. The van der Waals surface area contributed by atoms with Gasteiger partial charge < -0.3 is 10.1 Å². The fourth-order valence-electron chi connectivity index (χ4n) is 2.18. The lowest BCUT2D eigenvalue weighted by Crippen LogP contribution is -2.22. The summed E-state index contributed by atoms with van der Waals surface area (Å²) in [6, 6.07) is 6.78. The molecular formula is C17H27NO. The van der Waals surface area contributed by atoms with Crippen LogP contribution in [-0.2, 0) is 0 Å². The van der Waals surface area contributed by atoms with Crippen molar-refractivity contribution in [3.05, 3.63) is 41.5 Å². The molecule has 0 amide bonds. The Kier molecular flexibility index (Phi) is 6.65. The van der Waals surface area contributed by atoms with Crippen LogP contribution < -0.4 is 10.1 Å². The molecule has 0 bridgehead atoms. The number of ether oxygens (including phenoxy) is 1. The monoisotopic (exact) mass is 261 g/mol. The van der Waals surface area contributed by atoms with Gasteiger partial charge in [0.05, 0.1) is 7.11 Å². The molecule has 0 saturated carbocycles. The molecule has 0 aromatic heterocycles. The standard InChI is InChI=1S/C17H27NO/c1-6-11-18-16(10-7-13(2)3)15-9-8-14(4)12-17(15)19-5/h8-9,12,16,18H,2,6-7,10-11H2,1,3-5H3. The number of allylic oxidation sites excluding steroid dienone is 1. The number of rotatable bonds is 8. The van der Waals surface area contributed by atoms with Crippen molar-refractivity contribution >= 4 is 0 Å². The molecule has 0 spiro atoms. The second-order valence-electron chi connectivity index (χ2n) is 5.25. The predicted molar refractivity (Wildman–Crippen MR) is 82.8 cm³/mol. The maximum absolute atomic E-state index is 5.53. The number of nitrogens with one attached hydrogen (secondary N) is 1. The van der Waals surface area contributed by atoms with Crippen LogP contribution in [0, 0.1) is 6.92 Å². The van der Waals surface area contributed by atoms with E-state index >= 15 is 0 Å². The quantitative estimate of drug-likeness (QED) is 0.700. The Bertz CT molecular complexity index is 412. The average Bonchev–Trinajstić information content (AvgIpc) is 2.39. The van der Waals surface area contributed by atoms with Gasteiger partial charge in [-0.15, -0.1) is 6.58 Å². The Morgan fingerprint density at radius 1 is 1.42 bits per heavy atom. The summed E-state index contributed by atoms with van der Waals surface area (Å²) in [5, 5.41) is 3.61. The van der Waals surface area contributed by atoms with Crippen LogP contribution in [0.4, 0.5) is 0 Å². The van der Waals surface area contributed by atoms with Gasteiger partial charge in [0.25, 0.3) is 0 Å². The maximum Gasteiger partial charge on any atom is 0.123 e. The molecule has 1 unspecified atom stereocenters. The third-order valence-corrected chi connectivity index (χ3v) is 3.26. The lowest BCUT2D eigenvalue weighted by molar-refractivity contribution is 0.394. The van der Waals surface area contributed by atoms with E-state index in [1.165, 1.54) is 16.7 Å². The van der Waals surface area contributed by atoms with Gasteiger partial charge in [-0.2, -0.15) is 0 Å². The molecule has 1 N–H and O–H groups in total. The lowest BCUT2D eigenvalue weighted by Gasteiger charge is -2.21. The van der Waals surface area contributed by atoms with Crippen LogP contribution in [0.5, 0.6) is 5.75 Å². The molecule has 0 aliphatic rings. The highest BCUT2D eigenvalue weighted by molar-refractivity contribution is 5.39. The first kappa shape index (κ1) is 15.8. The van der Waals surface area contributed by atoms with Crippen molar-refractivity contribution in [2.24, 2.45) is 0 Å². The first-order valence-corrected chi connectivity index (χ1v) is 7.10. The maximum atomic E-state index is 5.53. The van der Waals surface area contributed by atoms with E-state index in [1.54, 1.807) is 7.11 Å². The first-order valence-electron chi connectivity index (χ1n) is 7.10. The molecule has 0 radical (unpaired) electrons. The second kappa shape index (κ2) is 8.00. The number of methoxy groups -OCH3 is 1. The average molecular weight is 261 g/mol. The van der Waals surface area contributed by atoms with Gasteiger partial charge in [0.2, 0.25) is 0 Å². The summed E-state index contributed by atoms with van der Waals surface area (Å²) in [6.07, 6.45) is 3.24. The summed E-state index contributed by atoms with van der Waals surface area (Å²) < 4.78 is 5.53. The normalized spacial score (nSPS) is 12.2. The Balaban J connectivity index is 2.91. The van der Waals surface area contributed by atoms with E-state index in [-0.39, 0.29) is 0 Å². The Morgan fingerprint density at radius 2 is 2.16 bits per heavy atom. The van der Waals surface area contributed by atoms with Crippen molar-refractivity contribution in [3.8, 4) is 5.75 Å². The Labute approximate surface area is 117 Å². The van der Waals surface area contributed by atoms with Crippen LogP contribution in [0.15, 0.2) is 30.4 Å². The van der Waals surface area contributed by atoms with Gasteiger partial charge in [0, 0.05) is 11.6 Å². The van der Waals surface area contributed by atoms with Crippen molar-refractivity contribution in [1.29, 1.82) is 0 Å². The largest absolute Gasteiger partial charge is 0.496 e. The summed E-state index contributed by atoms with van der Waals surface area (Å²) in [6.45, 7) is 11.4. The molecule has 1 aromatic carbocycles. The molecule has 1 aromatic rings. The van der Waals surface area contributed by atoms with Crippen molar-refractivity contribution in [3.63, 3.8) is 0 Å². The van der Waals surface area contributed by atoms with Crippen LogP contribution in [0.3, 0.4) is 0 Å². The molecule has 1 rings (SSSR count). The molecule has 0 heterocycles. The summed E-state index contributed by atoms with van der Waals surface area (Å²) in [4.78, 5) is 0. The molecule has 1 atom stereocenters. The van der Waals surface area contributed by atoms with E-state index in [2.05, 4.69) is 50.9 Å². The van der Waals surface area contributed by atoms with E-state index in [1.807, 2.05) is 0 Å². The summed E-state index contributed by atoms with van der Waals surface area (Å²) in [5.74, 6) is 0.982. The highest BCUT2D eigenvalue weighted by Gasteiger charge is 2.15. The molecule has 106 valence electrons. The fraction of sp³-hybridized carbons (Fsp3) is 0.529. The van der Waals surface area contributed by atoms with E-state index in [9.17, 15) is 0 Å². The van der Waals surface area contributed by atoms with Crippen molar-refractivity contribution in [2.45, 2.75) is 46.1 Å². The van der Waals surface area contributed by atoms with Crippen molar-refractivity contribution in [1.82, 2.24) is 5.32 Å². The van der Waals surface area contributed by atoms with E-state index in [0.29, 0.717) is 6.04 Å². The number of aryl methyl sites for hydroxylation is 1. The van der Waals surface area contributed by atoms with Crippen LogP contribution in [0.1, 0.15) is 50.3 Å². The van der Waals surface area contributed by atoms with Gasteiger partial charge in [-0.3, -0.25) is 0 Å². The SMILES string of the molecule is C=C(C)CCC(NCCC)c1ccc(C)cc1OC. The Hall–Kier alpha value is -1.28. The summed E-state index contributed by atoms with van der Waals surface area (Å²) >= 11 is 0. The van der Waals surface area contributed by atoms with E-state index < -0.39 is 0 Å². The minimum absolute atomic E-state index is 0.340. The zero-order chi connectivity index (χ0) is 14.3. The molecule has 19 heavy (non-hydrogen) atoms. The third-order valence-electron chi connectivity index (χ3n) is 3.26.